The minimum absolute atomic E-state index is 0.378. The highest BCUT2D eigenvalue weighted by atomic mass is 15.3. The summed E-state index contributed by atoms with van der Waals surface area (Å²) in [6.07, 6.45) is 3.59. The number of hydrogen-bond donors (Lipinski definition) is 1. The maximum atomic E-state index is 5.05. The maximum absolute atomic E-state index is 5.05. The molecule has 0 aliphatic carbocycles. The van der Waals surface area contributed by atoms with Crippen LogP contribution in [0.25, 0.3) is 0 Å². The van der Waals surface area contributed by atoms with Crippen LogP contribution in [0.1, 0.15) is 25.5 Å². The highest BCUT2D eigenvalue weighted by Crippen LogP contribution is 2.03. The molecule has 0 radical (unpaired) electrons. The van der Waals surface area contributed by atoms with Crippen molar-refractivity contribution >= 4 is 0 Å². The Morgan fingerprint density at radius 3 is 2.82 bits per heavy atom. The Hall–Kier alpha value is -1.43. The maximum Gasteiger partial charge on any atom is 0.0647 e. The van der Waals surface area contributed by atoms with Crippen molar-refractivity contribution in [3.63, 3.8) is 0 Å². The van der Waals surface area contributed by atoms with Crippen molar-refractivity contribution in [2.75, 3.05) is 0 Å². The average Bonchev–Trinajstić information content (AvgIpc) is 2.37. The minimum atomic E-state index is 0.378. The fraction of sp³-hybridized carbons (Fsp3) is 0.375. The molecule has 58 valence electrons. The molecule has 0 unspecified atom stereocenters. The molecule has 3 heteroatoms. The Balaban J connectivity index is 2.87. The highest BCUT2D eigenvalue weighted by Gasteiger charge is 1.97. The largest absolute Gasteiger partial charge is 0.359 e. The van der Waals surface area contributed by atoms with Crippen LogP contribution in [-0.4, -0.2) is 9.78 Å². The van der Waals surface area contributed by atoms with Gasteiger partial charge in [0, 0.05) is 18.3 Å². The molecule has 3 nitrogen and oxygen atoms in total. The number of nitrogens with two attached hydrogens (primary N) is 1. The van der Waals surface area contributed by atoms with E-state index in [0.717, 1.165) is 5.56 Å². The topological polar surface area (TPSA) is 43.8 Å². The van der Waals surface area contributed by atoms with Gasteiger partial charge in [0.25, 0.3) is 0 Å². The Morgan fingerprint density at radius 2 is 2.36 bits per heavy atom. The van der Waals surface area contributed by atoms with Crippen LogP contribution in [0.2, 0.25) is 0 Å². The monoisotopic (exact) mass is 149 g/mol. The second kappa shape index (κ2) is 3.11. The van der Waals surface area contributed by atoms with Crippen molar-refractivity contribution in [1.82, 2.24) is 9.78 Å². The third kappa shape index (κ3) is 1.74. The van der Waals surface area contributed by atoms with Crippen molar-refractivity contribution in [3.8, 4) is 12.0 Å². The first-order valence-electron chi connectivity index (χ1n) is 3.50. The van der Waals surface area contributed by atoms with Crippen LogP contribution in [0.3, 0.4) is 0 Å². The van der Waals surface area contributed by atoms with Crippen LogP contribution in [0.4, 0.5) is 0 Å². The van der Waals surface area contributed by atoms with Gasteiger partial charge < -0.3 is 5.73 Å². The molecule has 1 aromatic rings. The van der Waals surface area contributed by atoms with Gasteiger partial charge in [-0.15, -0.1) is 0 Å². The third-order valence-electron chi connectivity index (χ3n) is 1.35. The molecule has 0 saturated heterocycles. The fourth-order valence-electron chi connectivity index (χ4n) is 0.768. The number of aromatic nitrogens is 2. The molecule has 0 aromatic carbocycles. The van der Waals surface area contributed by atoms with Crippen molar-refractivity contribution in [1.29, 1.82) is 0 Å². The molecule has 0 bridgehead atoms. The number of hydrogen-bond acceptors (Lipinski definition) is 2. The van der Waals surface area contributed by atoms with E-state index in [4.69, 9.17) is 5.73 Å². The molecular formula is C8H11N3. The molecule has 0 atom stereocenters. The van der Waals surface area contributed by atoms with Gasteiger partial charge in [0.1, 0.15) is 0 Å². The summed E-state index contributed by atoms with van der Waals surface area (Å²) in [6.45, 7) is 4.12. The van der Waals surface area contributed by atoms with Gasteiger partial charge in [0.05, 0.1) is 11.8 Å². The van der Waals surface area contributed by atoms with E-state index in [9.17, 15) is 0 Å². The van der Waals surface area contributed by atoms with Gasteiger partial charge in [0.2, 0.25) is 0 Å². The molecule has 11 heavy (non-hydrogen) atoms. The smallest absolute Gasteiger partial charge is 0.0647 e. The quantitative estimate of drug-likeness (QED) is 0.472. The van der Waals surface area contributed by atoms with E-state index in [-0.39, 0.29) is 0 Å². The zero-order valence-corrected chi connectivity index (χ0v) is 6.70. The highest BCUT2D eigenvalue weighted by molar-refractivity contribution is 5.28. The Kier molecular flexibility index (Phi) is 2.17. The Labute approximate surface area is 66.2 Å². The van der Waals surface area contributed by atoms with Gasteiger partial charge in [-0.3, -0.25) is 4.68 Å². The summed E-state index contributed by atoms with van der Waals surface area (Å²) in [5, 5.41) is 4.09. The molecule has 0 fully saturated rings. The van der Waals surface area contributed by atoms with Gasteiger partial charge in [0.15, 0.2) is 0 Å². The normalized spacial score (nSPS) is 9.36. The van der Waals surface area contributed by atoms with E-state index in [0.29, 0.717) is 6.04 Å². The summed E-state index contributed by atoms with van der Waals surface area (Å²) < 4.78 is 1.85. The van der Waals surface area contributed by atoms with Crippen molar-refractivity contribution < 1.29 is 0 Å². The van der Waals surface area contributed by atoms with Gasteiger partial charge in [-0.2, -0.15) is 5.10 Å². The van der Waals surface area contributed by atoms with E-state index in [1.807, 2.05) is 10.9 Å². The lowest BCUT2D eigenvalue weighted by molar-refractivity contribution is 0.532. The lowest BCUT2D eigenvalue weighted by Gasteiger charge is -2.01. The predicted octanol–water partition coefficient (Wildman–Crippen LogP) is 0.732. The summed E-state index contributed by atoms with van der Waals surface area (Å²) >= 11 is 0. The molecule has 1 rings (SSSR count). The van der Waals surface area contributed by atoms with Crippen LogP contribution in [0.15, 0.2) is 12.4 Å². The number of nitrogens with zero attached hydrogens (tertiary/aromatic N) is 2. The van der Waals surface area contributed by atoms with E-state index in [1.54, 1.807) is 6.20 Å². The SMILES string of the molecule is CC(C)n1cc(C#CN)cn1. The molecule has 0 aliphatic heterocycles. The first-order valence-corrected chi connectivity index (χ1v) is 3.50. The van der Waals surface area contributed by atoms with E-state index >= 15 is 0 Å². The molecular weight excluding hydrogens is 138 g/mol. The fourth-order valence-corrected chi connectivity index (χ4v) is 0.768. The van der Waals surface area contributed by atoms with Crippen molar-refractivity contribution in [2.45, 2.75) is 19.9 Å². The van der Waals surface area contributed by atoms with Crippen LogP contribution in [0.5, 0.6) is 0 Å². The molecule has 1 heterocycles. The average molecular weight is 149 g/mol. The van der Waals surface area contributed by atoms with Gasteiger partial charge in [-0.1, -0.05) is 0 Å². The second-order valence-corrected chi connectivity index (χ2v) is 2.57. The van der Waals surface area contributed by atoms with Gasteiger partial charge in [-0.05, 0) is 19.8 Å². The lowest BCUT2D eigenvalue weighted by Crippen LogP contribution is -1.99. The van der Waals surface area contributed by atoms with Crippen LogP contribution in [-0.2, 0) is 0 Å². The predicted molar refractivity (Wildman–Crippen MR) is 43.7 cm³/mol. The van der Waals surface area contributed by atoms with Gasteiger partial charge >= 0.3 is 0 Å². The Bertz CT molecular complexity index is 288. The summed E-state index contributed by atoms with van der Waals surface area (Å²) in [7, 11) is 0. The van der Waals surface area contributed by atoms with Gasteiger partial charge in [-0.25, -0.2) is 0 Å². The van der Waals surface area contributed by atoms with E-state index in [1.165, 1.54) is 0 Å². The zero-order chi connectivity index (χ0) is 8.27. The minimum Gasteiger partial charge on any atom is -0.359 e. The van der Waals surface area contributed by atoms with Crippen LogP contribution in [0, 0.1) is 12.0 Å². The summed E-state index contributed by atoms with van der Waals surface area (Å²) in [4.78, 5) is 0. The molecule has 2 N–H and O–H groups in total. The lowest BCUT2D eigenvalue weighted by atomic mass is 10.4. The van der Waals surface area contributed by atoms with Crippen LogP contribution >= 0.6 is 0 Å². The third-order valence-corrected chi connectivity index (χ3v) is 1.35. The number of rotatable bonds is 1. The molecule has 0 spiro atoms. The standard InChI is InChI=1S/C8H11N3/c1-7(2)11-6-8(3-4-9)5-10-11/h5-7H,9H2,1-2H3. The van der Waals surface area contributed by atoms with E-state index in [2.05, 4.69) is 30.9 Å². The molecule has 1 aromatic heterocycles. The summed E-state index contributed by atoms with van der Waals surface area (Å²) in [6, 6.07) is 2.71. The second-order valence-electron chi connectivity index (χ2n) is 2.57. The van der Waals surface area contributed by atoms with Crippen molar-refractivity contribution in [3.05, 3.63) is 18.0 Å². The first-order chi connectivity index (χ1) is 5.24. The molecule has 0 saturated carbocycles. The van der Waals surface area contributed by atoms with Crippen LogP contribution < -0.4 is 5.73 Å². The van der Waals surface area contributed by atoms with E-state index < -0.39 is 0 Å². The Morgan fingerprint density at radius 1 is 1.64 bits per heavy atom. The van der Waals surface area contributed by atoms with Crippen molar-refractivity contribution in [2.24, 2.45) is 5.73 Å². The zero-order valence-electron chi connectivity index (χ0n) is 6.70. The molecule has 0 amide bonds. The summed E-state index contributed by atoms with van der Waals surface area (Å²) in [5.74, 6) is 2.73. The first kappa shape index (κ1) is 7.67. The molecule has 0 aliphatic rings. The summed E-state index contributed by atoms with van der Waals surface area (Å²) in [5.41, 5.74) is 5.91.